The molecular formula is C26H16N4O. The van der Waals surface area contributed by atoms with Gasteiger partial charge in [0.1, 0.15) is 17.4 Å². The Morgan fingerprint density at radius 3 is 2.10 bits per heavy atom. The van der Waals surface area contributed by atoms with E-state index in [1.807, 2.05) is 78.9 Å². The maximum Gasteiger partial charge on any atom is 0.205 e. The van der Waals surface area contributed by atoms with Crippen molar-refractivity contribution < 1.29 is 4.74 Å². The van der Waals surface area contributed by atoms with Gasteiger partial charge in [0.05, 0.1) is 28.0 Å². The molecule has 0 bridgehead atoms. The van der Waals surface area contributed by atoms with Gasteiger partial charge in [-0.15, -0.1) is 0 Å². The number of hydrogen-bond donors (Lipinski definition) is 1. The van der Waals surface area contributed by atoms with Crippen LogP contribution >= 0.6 is 0 Å². The zero-order valence-electron chi connectivity index (χ0n) is 16.4. The average molecular weight is 400 g/mol. The summed E-state index contributed by atoms with van der Waals surface area (Å²) in [5, 5.41) is 11.8. The molecule has 5 nitrogen and oxygen atoms in total. The number of ether oxygens (including phenoxy) is 1. The van der Waals surface area contributed by atoms with Gasteiger partial charge in [-0.25, -0.2) is 9.97 Å². The zero-order chi connectivity index (χ0) is 20.9. The quantitative estimate of drug-likeness (QED) is 0.310. The van der Waals surface area contributed by atoms with E-state index in [0.717, 1.165) is 44.0 Å². The van der Waals surface area contributed by atoms with Crippen LogP contribution in [0.4, 0.5) is 0 Å². The van der Waals surface area contributed by atoms with Crippen LogP contribution in [-0.2, 0) is 0 Å². The van der Waals surface area contributed by atoms with Gasteiger partial charge in [-0.05, 0) is 17.7 Å². The Balaban J connectivity index is 1.84. The zero-order valence-corrected chi connectivity index (χ0v) is 16.4. The van der Waals surface area contributed by atoms with Crippen molar-refractivity contribution in [3.05, 3.63) is 101 Å². The molecular weight excluding hydrogens is 384 g/mol. The van der Waals surface area contributed by atoms with Gasteiger partial charge in [0, 0.05) is 16.3 Å². The Labute approximate surface area is 178 Å². The first-order valence-electron chi connectivity index (χ1n) is 10.00. The van der Waals surface area contributed by atoms with Crippen molar-refractivity contribution in [2.45, 2.75) is 5.92 Å². The molecule has 0 fully saturated rings. The fourth-order valence-corrected chi connectivity index (χ4v) is 4.44. The Kier molecular flexibility index (Phi) is 3.68. The smallest absolute Gasteiger partial charge is 0.205 e. The van der Waals surface area contributed by atoms with Crippen LogP contribution < -0.4 is 10.5 Å². The highest BCUT2D eigenvalue weighted by atomic mass is 16.5. The second kappa shape index (κ2) is 6.54. The molecule has 5 aromatic rings. The molecule has 31 heavy (non-hydrogen) atoms. The molecule has 5 heteroatoms. The predicted octanol–water partition coefficient (Wildman–Crippen LogP) is 5.15. The molecule has 0 aliphatic carbocycles. The number of para-hydroxylation sites is 2. The van der Waals surface area contributed by atoms with E-state index in [9.17, 15) is 5.26 Å². The van der Waals surface area contributed by atoms with Gasteiger partial charge in [0.2, 0.25) is 5.88 Å². The lowest BCUT2D eigenvalue weighted by Gasteiger charge is -2.28. The van der Waals surface area contributed by atoms with E-state index in [1.54, 1.807) is 0 Å². The van der Waals surface area contributed by atoms with Crippen LogP contribution in [-0.4, -0.2) is 9.97 Å². The van der Waals surface area contributed by atoms with Gasteiger partial charge in [0.25, 0.3) is 0 Å². The number of nitriles is 1. The normalized spacial score (nSPS) is 15.6. The lowest BCUT2D eigenvalue weighted by molar-refractivity contribution is 0.399. The fraction of sp³-hybridized carbons (Fsp3) is 0.0385. The maximum atomic E-state index is 9.97. The maximum absolute atomic E-state index is 9.97. The fourth-order valence-electron chi connectivity index (χ4n) is 4.44. The lowest BCUT2D eigenvalue weighted by Crippen LogP contribution is -2.22. The van der Waals surface area contributed by atoms with E-state index in [1.165, 1.54) is 0 Å². The summed E-state index contributed by atoms with van der Waals surface area (Å²) in [5.41, 5.74) is 11.5. The number of fused-ring (bicyclic) bond motifs is 7. The number of rotatable bonds is 1. The lowest BCUT2D eigenvalue weighted by atomic mass is 9.81. The predicted molar refractivity (Wildman–Crippen MR) is 120 cm³/mol. The van der Waals surface area contributed by atoms with Crippen molar-refractivity contribution in [1.29, 1.82) is 5.26 Å². The molecule has 0 amide bonds. The third-order valence-corrected chi connectivity index (χ3v) is 5.81. The summed E-state index contributed by atoms with van der Waals surface area (Å²) >= 11 is 0. The van der Waals surface area contributed by atoms with Crippen LogP contribution in [0.25, 0.3) is 32.8 Å². The summed E-state index contributed by atoms with van der Waals surface area (Å²) in [6, 6.07) is 27.9. The van der Waals surface area contributed by atoms with Crippen LogP contribution in [0.2, 0.25) is 0 Å². The molecule has 0 saturated carbocycles. The van der Waals surface area contributed by atoms with Crippen molar-refractivity contribution in [3.63, 3.8) is 0 Å². The van der Waals surface area contributed by atoms with Crippen LogP contribution in [0.5, 0.6) is 5.75 Å². The number of nitrogens with zero attached hydrogens (tertiary/aromatic N) is 3. The minimum atomic E-state index is -0.391. The van der Waals surface area contributed by atoms with Crippen LogP contribution in [0.1, 0.15) is 17.0 Å². The van der Waals surface area contributed by atoms with Crippen molar-refractivity contribution >= 4 is 32.8 Å². The second-order valence-electron chi connectivity index (χ2n) is 7.53. The molecule has 2 N–H and O–H groups in total. The summed E-state index contributed by atoms with van der Waals surface area (Å²) < 4.78 is 6.09. The summed E-state index contributed by atoms with van der Waals surface area (Å²) in [6.07, 6.45) is 0. The van der Waals surface area contributed by atoms with E-state index in [2.05, 4.69) is 6.07 Å². The summed E-state index contributed by atoms with van der Waals surface area (Å²) in [5.74, 6) is 0.373. The largest absolute Gasteiger partial charge is 0.439 e. The van der Waals surface area contributed by atoms with Gasteiger partial charge in [0.15, 0.2) is 0 Å². The minimum Gasteiger partial charge on any atom is -0.439 e. The summed E-state index contributed by atoms with van der Waals surface area (Å²) in [6.45, 7) is 0. The molecule has 0 saturated heterocycles. The molecule has 1 aromatic heterocycles. The van der Waals surface area contributed by atoms with E-state index in [4.69, 9.17) is 20.4 Å². The molecule has 2 heterocycles. The van der Waals surface area contributed by atoms with Gasteiger partial charge >= 0.3 is 0 Å². The molecule has 0 radical (unpaired) electrons. The summed E-state index contributed by atoms with van der Waals surface area (Å²) in [7, 11) is 0. The van der Waals surface area contributed by atoms with Gasteiger partial charge in [-0.2, -0.15) is 5.26 Å². The molecule has 146 valence electrons. The van der Waals surface area contributed by atoms with Crippen molar-refractivity contribution in [3.8, 4) is 11.8 Å². The minimum absolute atomic E-state index is 0.127. The van der Waals surface area contributed by atoms with Gasteiger partial charge in [-0.1, -0.05) is 66.7 Å². The molecule has 6 rings (SSSR count). The standard InChI is InChI=1S/C26H16N4O/c27-14-18-21(15-8-2-1-3-9-15)22-24-23(29-19-12-6-7-13-20(19)30-24)16-10-4-5-11-17(16)25(22)31-26(18)28/h1-13,21H,28H2. The summed E-state index contributed by atoms with van der Waals surface area (Å²) in [4.78, 5) is 9.96. The number of nitrogens with two attached hydrogens (primary N) is 1. The highest BCUT2D eigenvalue weighted by molar-refractivity contribution is 6.11. The third-order valence-electron chi connectivity index (χ3n) is 5.81. The van der Waals surface area contributed by atoms with E-state index in [0.29, 0.717) is 11.3 Å². The molecule has 1 unspecified atom stereocenters. The van der Waals surface area contributed by atoms with Gasteiger partial charge in [-0.3, -0.25) is 0 Å². The SMILES string of the molecule is N#CC1=C(N)Oc2c(c3nc4ccccc4nc3c3ccccc23)C1c1ccccc1. The molecule has 1 aliphatic heterocycles. The van der Waals surface area contributed by atoms with Crippen LogP contribution in [0.3, 0.4) is 0 Å². The Hall–Kier alpha value is -4.43. The van der Waals surface area contributed by atoms with Crippen molar-refractivity contribution in [2.75, 3.05) is 0 Å². The average Bonchev–Trinajstić information content (AvgIpc) is 2.83. The second-order valence-corrected chi connectivity index (χ2v) is 7.53. The Bertz CT molecular complexity index is 1580. The van der Waals surface area contributed by atoms with Crippen LogP contribution in [0, 0.1) is 11.3 Å². The molecule has 0 spiro atoms. The first kappa shape index (κ1) is 17.4. The number of allylic oxidation sites excluding steroid dienone is 1. The van der Waals surface area contributed by atoms with Crippen molar-refractivity contribution in [2.24, 2.45) is 5.73 Å². The number of benzene rings is 4. The van der Waals surface area contributed by atoms with E-state index >= 15 is 0 Å². The highest BCUT2D eigenvalue weighted by Gasteiger charge is 2.34. The first-order valence-corrected chi connectivity index (χ1v) is 10.00. The number of hydrogen-bond acceptors (Lipinski definition) is 5. The van der Waals surface area contributed by atoms with Crippen LogP contribution in [0.15, 0.2) is 90.3 Å². The third kappa shape index (κ3) is 2.49. The Morgan fingerprint density at radius 2 is 1.39 bits per heavy atom. The van der Waals surface area contributed by atoms with Crippen molar-refractivity contribution in [1.82, 2.24) is 9.97 Å². The monoisotopic (exact) mass is 400 g/mol. The van der Waals surface area contributed by atoms with E-state index < -0.39 is 5.92 Å². The molecule has 1 aliphatic rings. The molecule has 1 atom stereocenters. The Morgan fingerprint density at radius 1 is 0.774 bits per heavy atom. The first-order chi connectivity index (χ1) is 15.3. The van der Waals surface area contributed by atoms with Gasteiger partial charge < -0.3 is 10.5 Å². The number of aromatic nitrogens is 2. The molecule has 4 aromatic carbocycles. The topological polar surface area (TPSA) is 84.8 Å². The highest BCUT2D eigenvalue weighted by Crippen LogP contribution is 2.49. The van der Waals surface area contributed by atoms with E-state index in [-0.39, 0.29) is 5.88 Å².